The zero-order valence-corrected chi connectivity index (χ0v) is 8.85. The molecule has 4 atom stereocenters. The van der Waals surface area contributed by atoms with Gasteiger partial charge in [-0.15, -0.1) is 0 Å². The van der Waals surface area contributed by atoms with Gasteiger partial charge in [-0.05, 0) is 0 Å². The maximum atomic E-state index is 10.9. The minimum Gasteiger partial charge on any atom is -0.388 e. The lowest BCUT2D eigenvalue weighted by Gasteiger charge is -2.35. The fraction of sp³-hybridized carbons (Fsp3) is 0.857. The van der Waals surface area contributed by atoms with E-state index in [1.165, 1.54) is 0 Å². The maximum Gasteiger partial charge on any atom is 0.232 e. The molecule has 7 heteroatoms. The number of aliphatic hydroxyl groups is 3. The molecular weight excluding hydrogens is 258 g/mol. The first-order chi connectivity index (χ1) is 6.56. The minimum absolute atomic E-state index is 0.0816. The largest absolute Gasteiger partial charge is 0.388 e. The number of carbonyl (C=O) groups is 1. The van der Waals surface area contributed by atoms with Crippen LogP contribution in [0.25, 0.3) is 0 Å². The Balaban J connectivity index is 2.50. The lowest BCUT2D eigenvalue weighted by molar-refractivity contribution is -0.196. The lowest BCUT2D eigenvalue weighted by atomic mass is 10.0. The number of alkyl halides is 1. The topological polar surface area (TPSA) is 99.0 Å². The van der Waals surface area contributed by atoms with Gasteiger partial charge in [-0.2, -0.15) is 0 Å². The lowest BCUT2D eigenvalue weighted by Crippen LogP contribution is -2.59. The standard InChI is InChI=1S/C7H12BrNO5/c8-1-4(11)9-7-6(13)5(12)3(10)2-14-7/h3,5-7,10,12-13H,1-2H2,(H,9,11)/t3-,5+,6-,7-/m1/s1. The van der Waals surface area contributed by atoms with Crippen LogP contribution in [0, 0.1) is 0 Å². The molecule has 1 fully saturated rings. The van der Waals surface area contributed by atoms with Crippen LogP contribution in [-0.4, -0.2) is 57.7 Å². The van der Waals surface area contributed by atoms with Crippen LogP contribution in [0.1, 0.15) is 0 Å². The van der Waals surface area contributed by atoms with Crippen LogP contribution in [0.3, 0.4) is 0 Å². The molecule has 0 aromatic heterocycles. The summed E-state index contributed by atoms with van der Waals surface area (Å²) in [5.41, 5.74) is 0. The quantitative estimate of drug-likeness (QED) is 0.432. The highest BCUT2D eigenvalue weighted by molar-refractivity contribution is 9.09. The van der Waals surface area contributed by atoms with Crippen LogP contribution in [0.2, 0.25) is 0 Å². The number of carbonyl (C=O) groups excluding carboxylic acids is 1. The minimum atomic E-state index is -1.32. The molecule has 0 unspecified atom stereocenters. The van der Waals surface area contributed by atoms with E-state index in [0.29, 0.717) is 0 Å². The smallest absolute Gasteiger partial charge is 0.232 e. The van der Waals surface area contributed by atoms with E-state index in [1.54, 1.807) is 0 Å². The Morgan fingerprint density at radius 1 is 1.43 bits per heavy atom. The molecule has 1 aliphatic heterocycles. The fourth-order valence-corrected chi connectivity index (χ4v) is 1.29. The Kier molecular flexibility index (Phi) is 4.27. The number of ether oxygens (including phenoxy) is 1. The number of hydrogen-bond acceptors (Lipinski definition) is 5. The van der Waals surface area contributed by atoms with E-state index in [-0.39, 0.29) is 17.8 Å². The first-order valence-electron chi connectivity index (χ1n) is 4.07. The highest BCUT2D eigenvalue weighted by atomic mass is 79.9. The van der Waals surface area contributed by atoms with E-state index >= 15 is 0 Å². The van der Waals surface area contributed by atoms with E-state index in [9.17, 15) is 15.0 Å². The van der Waals surface area contributed by atoms with Crippen molar-refractivity contribution in [1.29, 1.82) is 0 Å². The molecule has 6 nitrogen and oxygen atoms in total. The molecule has 1 aliphatic rings. The summed E-state index contributed by atoms with van der Waals surface area (Å²) in [5.74, 6) is -0.363. The average Bonchev–Trinajstić information content (AvgIpc) is 2.19. The predicted octanol–water partition coefficient (Wildman–Crippen LogP) is -2.06. The van der Waals surface area contributed by atoms with Gasteiger partial charge in [0.15, 0.2) is 6.23 Å². The van der Waals surface area contributed by atoms with Gasteiger partial charge >= 0.3 is 0 Å². The SMILES string of the molecule is O=C(CBr)N[C@@H]1OC[C@@H](O)[C@H](O)[C@H]1O. The van der Waals surface area contributed by atoms with Crippen LogP contribution < -0.4 is 5.32 Å². The van der Waals surface area contributed by atoms with E-state index in [4.69, 9.17) is 9.84 Å². The average molecular weight is 270 g/mol. The van der Waals surface area contributed by atoms with Crippen LogP contribution in [0.4, 0.5) is 0 Å². The molecule has 82 valence electrons. The Hall–Kier alpha value is -0.210. The number of aliphatic hydroxyl groups excluding tert-OH is 3. The van der Waals surface area contributed by atoms with Crippen LogP contribution in [0.15, 0.2) is 0 Å². The van der Waals surface area contributed by atoms with E-state index in [0.717, 1.165) is 0 Å². The third-order valence-corrected chi connectivity index (χ3v) is 2.43. The molecule has 0 aromatic rings. The second-order valence-electron chi connectivity index (χ2n) is 3.00. The van der Waals surface area contributed by atoms with Gasteiger partial charge in [0.1, 0.15) is 18.3 Å². The first kappa shape index (κ1) is 11.9. The maximum absolute atomic E-state index is 10.9. The Bertz CT molecular complexity index is 214. The van der Waals surface area contributed by atoms with Gasteiger partial charge in [0.25, 0.3) is 0 Å². The summed E-state index contributed by atoms with van der Waals surface area (Å²) >= 11 is 2.93. The van der Waals surface area contributed by atoms with Gasteiger partial charge < -0.3 is 25.4 Å². The summed E-state index contributed by atoms with van der Waals surface area (Å²) in [4.78, 5) is 10.9. The van der Waals surface area contributed by atoms with Crippen molar-refractivity contribution >= 4 is 21.8 Å². The molecule has 0 aromatic carbocycles. The van der Waals surface area contributed by atoms with Crippen molar-refractivity contribution in [3.05, 3.63) is 0 Å². The molecule has 1 rings (SSSR count). The molecule has 0 bridgehead atoms. The molecule has 14 heavy (non-hydrogen) atoms. The van der Waals surface area contributed by atoms with Crippen LogP contribution >= 0.6 is 15.9 Å². The monoisotopic (exact) mass is 269 g/mol. The Morgan fingerprint density at radius 3 is 2.64 bits per heavy atom. The van der Waals surface area contributed by atoms with Gasteiger partial charge in [0, 0.05) is 0 Å². The number of amides is 1. The van der Waals surface area contributed by atoms with Crippen molar-refractivity contribution in [3.8, 4) is 0 Å². The number of halogens is 1. The summed E-state index contributed by atoms with van der Waals surface area (Å²) in [6.07, 6.45) is -4.72. The van der Waals surface area contributed by atoms with Gasteiger partial charge in [-0.25, -0.2) is 0 Å². The summed E-state index contributed by atoms with van der Waals surface area (Å²) in [6.45, 7) is -0.120. The van der Waals surface area contributed by atoms with Crippen molar-refractivity contribution in [2.45, 2.75) is 24.5 Å². The summed E-state index contributed by atoms with van der Waals surface area (Å²) in [6, 6.07) is 0. The molecular formula is C7H12BrNO5. The second-order valence-corrected chi connectivity index (χ2v) is 3.56. The van der Waals surface area contributed by atoms with Crippen molar-refractivity contribution in [3.63, 3.8) is 0 Å². The molecule has 4 N–H and O–H groups in total. The van der Waals surface area contributed by atoms with Gasteiger partial charge in [0.2, 0.25) is 5.91 Å². The number of hydrogen-bond donors (Lipinski definition) is 4. The molecule has 1 saturated heterocycles. The highest BCUT2D eigenvalue weighted by Gasteiger charge is 2.37. The second kappa shape index (κ2) is 5.04. The first-order valence-corrected chi connectivity index (χ1v) is 5.19. The summed E-state index contributed by atoms with van der Waals surface area (Å²) in [7, 11) is 0. The summed E-state index contributed by atoms with van der Waals surface area (Å²) < 4.78 is 4.93. The Morgan fingerprint density at radius 2 is 2.07 bits per heavy atom. The zero-order valence-electron chi connectivity index (χ0n) is 7.26. The van der Waals surface area contributed by atoms with Crippen molar-refractivity contribution in [1.82, 2.24) is 5.32 Å². The van der Waals surface area contributed by atoms with E-state index < -0.39 is 24.5 Å². The van der Waals surface area contributed by atoms with Crippen molar-refractivity contribution in [2.24, 2.45) is 0 Å². The molecule has 1 heterocycles. The normalized spacial score (nSPS) is 38.0. The fourth-order valence-electron chi connectivity index (χ4n) is 1.13. The van der Waals surface area contributed by atoms with E-state index in [1.807, 2.05) is 0 Å². The van der Waals surface area contributed by atoms with Gasteiger partial charge in [-0.3, -0.25) is 4.79 Å². The summed E-state index contributed by atoms with van der Waals surface area (Å²) in [5, 5.41) is 30.2. The molecule has 1 amide bonds. The molecule has 0 spiro atoms. The molecule has 0 saturated carbocycles. The molecule has 0 aliphatic carbocycles. The van der Waals surface area contributed by atoms with Crippen molar-refractivity contribution < 1.29 is 24.9 Å². The molecule has 0 radical (unpaired) electrons. The number of nitrogens with one attached hydrogen (secondary N) is 1. The Labute approximate surface area is 89.0 Å². The zero-order chi connectivity index (χ0) is 10.7. The highest BCUT2D eigenvalue weighted by Crippen LogP contribution is 2.13. The number of rotatable bonds is 2. The van der Waals surface area contributed by atoms with Gasteiger partial charge in [0.05, 0.1) is 11.9 Å². The predicted molar refractivity (Wildman–Crippen MR) is 49.7 cm³/mol. The third kappa shape index (κ3) is 2.64. The van der Waals surface area contributed by atoms with Crippen LogP contribution in [0.5, 0.6) is 0 Å². The van der Waals surface area contributed by atoms with Crippen LogP contribution in [-0.2, 0) is 9.53 Å². The third-order valence-electron chi connectivity index (χ3n) is 1.93. The van der Waals surface area contributed by atoms with Gasteiger partial charge in [-0.1, -0.05) is 15.9 Å². The van der Waals surface area contributed by atoms with Crippen molar-refractivity contribution in [2.75, 3.05) is 11.9 Å². The van der Waals surface area contributed by atoms with E-state index in [2.05, 4.69) is 21.2 Å².